The van der Waals surface area contributed by atoms with E-state index in [9.17, 15) is 14.9 Å². The minimum atomic E-state index is -0.449. The Morgan fingerprint density at radius 3 is 2.38 bits per heavy atom. The van der Waals surface area contributed by atoms with Gasteiger partial charge in [-0.05, 0) is 29.8 Å². The number of rotatable bonds is 3. The molecule has 0 saturated carbocycles. The summed E-state index contributed by atoms with van der Waals surface area (Å²) in [5.41, 5.74) is 1.59. The highest BCUT2D eigenvalue weighted by Crippen LogP contribution is 2.35. The minimum Gasteiger partial charge on any atom is -0.340 e. The van der Waals surface area contributed by atoms with Crippen LogP contribution in [0.2, 0.25) is 0 Å². The Kier molecular flexibility index (Phi) is 3.27. The molecular formula is C15H12N2O4. The van der Waals surface area contributed by atoms with Gasteiger partial charge < -0.3 is 4.84 Å². The number of nitro benzene ring substituents is 1. The second kappa shape index (κ2) is 5.24. The molecule has 1 unspecified atom stereocenters. The van der Waals surface area contributed by atoms with Gasteiger partial charge in [-0.15, -0.1) is 0 Å². The number of hydroxylamine groups is 1. The van der Waals surface area contributed by atoms with Crippen LogP contribution in [0.5, 0.6) is 0 Å². The first-order chi connectivity index (χ1) is 10.1. The van der Waals surface area contributed by atoms with E-state index in [-0.39, 0.29) is 24.1 Å². The standard InChI is InChI=1S/C15H12N2O4/c18-15-10-14(11-6-8-13(9-7-11)17(19)20)16(21-15)12-4-2-1-3-5-12/h1-9,14H,10H2. The maximum atomic E-state index is 11.6. The van der Waals surface area contributed by atoms with Gasteiger partial charge in [-0.25, -0.2) is 4.79 Å². The molecule has 0 spiro atoms. The third-order valence-electron chi connectivity index (χ3n) is 3.34. The van der Waals surface area contributed by atoms with Crippen molar-refractivity contribution in [2.24, 2.45) is 0 Å². The van der Waals surface area contributed by atoms with Crippen LogP contribution in [0, 0.1) is 10.1 Å². The van der Waals surface area contributed by atoms with Gasteiger partial charge in [-0.2, -0.15) is 5.06 Å². The summed E-state index contributed by atoms with van der Waals surface area (Å²) in [5, 5.41) is 12.2. The predicted molar refractivity (Wildman–Crippen MR) is 75.5 cm³/mol. The molecule has 1 fully saturated rings. The van der Waals surface area contributed by atoms with Crippen molar-refractivity contribution in [1.82, 2.24) is 0 Å². The Labute approximate surface area is 120 Å². The third-order valence-corrected chi connectivity index (χ3v) is 3.34. The van der Waals surface area contributed by atoms with Crippen molar-refractivity contribution in [2.45, 2.75) is 12.5 Å². The molecule has 1 heterocycles. The molecule has 0 aromatic heterocycles. The first-order valence-electron chi connectivity index (χ1n) is 6.44. The van der Waals surface area contributed by atoms with Crippen LogP contribution in [0.4, 0.5) is 11.4 Å². The molecule has 106 valence electrons. The van der Waals surface area contributed by atoms with Crippen LogP contribution in [0.25, 0.3) is 0 Å². The zero-order valence-electron chi connectivity index (χ0n) is 11.0. The van der Waals surface area contributed by atoms with Crippen molar-refractivity contribution in [3.63, 3.8) is 0 Å². The maximum absolute atomic E-state index is 11.6. The smallest absolute Gasteiger partial charge is 0.334 e. The zero-order chi connectivity index (χ0) is 14.8. The normalized spacial score (nSPS) is 17.6. The maximum Gasteiger partial charge on any atom is 0.334 e. The molecule has 6 nitrogen and oxygen atoms in total. The number of nitrogens with zero attached hydrogens (tertiary/aromatic N) is 2. The second-order valence-electron chi connectivity index (χ2n) is 4.69. The number of benzene rings is 2. The van der Waals surface area contributed by atoms with E-state index < -0.39 is 4.92 Å². The number of carbonyl (C=O) groups excluding carboxylic acids is 1. The molecule has 0 aliphatic carbocycles. The van der Waals surface area contributed by atoms with E-state index in [4.69, 9.17) is 4.84 Å². The molecule has 1 aliphatic rings. The summed E-state index contributed by atoms with van der Waals surface area (Å²) in [6, 6.07) is 15.2. The first-order valence-corrected chi connectivity index (χ1v) is 6.44. The molecule has 1 atom stereocenters. The summed E-state index contributed by atoms with van der Waals surface area (Å²) in [6.07, 6.45) is 0.215. The number of nitro groups is 1. The summed E-state index contributed by atoms with van der Waals surface area (Å²) in [6.45, 7) is 0. The quantitative estimate of drug-likeness (QED) is 0.640. The Morgan fingerprint density at radius 2 is 1.76 bits per heavy atom. The zero-order valence-corrected chi connectivity index (χ0v) is 11.0. The van der Waals surface area contributed by atoms with Crippen molar-refractivity contribution in [2.75, 3.05) is 5.06 Å². The molecule has 0 amide bonds. The number of para-hydroxylation sites is 1. The fraction of sp³-hybridized carbons (Fsp3) is 0.133. The van der Waals surface area contributed by atoms with E-state index in [1.54, 1.807) is 17.2 Å². The molecular weight excluding hydrogens is 272 g/mol. The van der Waals surface area contributed by atoms with E-state index >= 15 is 0 Å². The molecule has 0 radical (unpaired) electrons. The van der Waals surface area contributed by atoms with Gasteiger partial charge in [0.25, 0.3) is 5.69 Å². The van der Waals surface area contributed by atoms with Crippen molar-refractivity contribution in [3.05, 3.63) is 70.3 Å². The van der Waals surface area contributed by atoms with Crippen LogP contribution in [0.3, 0.4) is 0 Å². The fourth-order valence-electron chi connectivity index (χ4n) is 2.33. The molecule has 0 N–H and O–H groups in total. The van der Waals surface area contributed by atoms with Crippen molar-refractivity contribution >= 4 is 17.3 Å². The lowest BCUT2D eigenvalue weighted by Gasteiger charge is -2.23. The Morgan fingerprint density at radius 1 is 1.10 bits per heavy atom. The summed E-state index contributed by atoms with van der Waals surface area (Å²) in [5.74, 6) is -0.317. The fourth-order valence-corrected chi connectivity index (χ4v) is 2.33. The van der Waals surface area contributed by atoms with E-state index in [1.165, 1.54) is 12.1 Å². The van der Waals surface area contributed by atoms with Crippen LogP contribution >= 0.6 is 0 Å². The molecule has 1 aliphatic heterocycles. The van der Waals surface area contributed by atoms with Crippen LogP contribution in [-0.2, 0) is 9.63 Å². The van der Waals surface area contributed by atoms with E-state index in [1.807, 2.05) is 30.3 Å². The molecule has 2 aromatic carbocycles. The van der Waals surface area contributed by atoms with Gasteiger partial charge in [0.05, 0.1) is 17.0 Å². The number of hydrogen-bond acceptors (Lipinski definition) is 5. The van der Waals surface area contributed by atoms with Crippen molar-refractivity contribution in [1.29, 1.82) is 0 Å². The summed E-state index contributed by atoms with van der Waals surface area (Å²) >= 11 is 0. The summed E-state index contributed by atoms with van der Waals surface area (Å²) in [4.78, 5) is 27.1. The molecule has 3 rings (SSSR count). The van der Waals surface area contributed by atoms with Gasteiger partial charge in [-0.3, -0.25) is 10.1 Å². The predicted octanol–water partition coefficient (Wildman–Crippen LogP) is 3.00. The van der Waals surface area contributed by atoms with Gasteiger partial charge in [0.1, 0.15) is 6.04 Å². The van der Waals surface area contributed by atoms with Gasteiger partial charge in [0, 0.05) is 12.1 Å². The molecule has 21 heavy (non-hydrogen) atoms. The number of carbonyl (C=O) groups is 1. The van der Waals surface area contributed by atoms with Crippen molar-refractivity contribution in [3.8, 4) is 0 Å². The van der Waals surface area contributed by atoms with Crippen molar-refractivity contribution < 1.29 is 14.6 Å². The highest BCUT2D eigenvalue weighted by atomic mass is 16.7. The van der Waals surface area contributed by atoms with Gasteiger partial charge in [0.15, 0.2) is 0 Å². The molecule has 0 bridgehead atoms. The highest BCUT2D eigenvalue weighted by Gasteiger charge is 2.34. The average Bonchev–Trinajstić information content (AvgIpc) is 2.90. The lowest BCUT2D eigenvalue weighted by molar-refractivity contribution is -0.384. The topological polar surface area (TPSA) is 72.7 Å². The van der Waals surface area contributed by atoms with E-state index in [0.29, 0.717) is 0 Å². The van der Waals surface area contributed by atoms with Gasteiger partial charge in [-0.1, -0.05) is 18.2 Å². The van der Waals surface area contributed by atoms with Crippen LogP contribution in [0.1, 0.15) is 18.0 Å². The SMILES string of the molecule is O=C1CC(c2ccc([N+](=O)[O-])cc2)N(c2ccccc2)O1. The van der Waals surface area contributed by atoms with Crippen LogP contribution in [-0.4, -0.2) is 10.9 Å². The number of anilines is 1. The van der Waals surface area contributed by atoms with Gasteiger partial charge in [0.2, 0.25) is 0 Å². The highest BCUT2D eigenvalue weighted by molar-refractivity contribution is 5.76. The van der Waals surface area contributed by atoms with Crippen LogP contribution in [0.15, 0.2) is 54.6 Å². The van der Waals surface area contributed by atoms with E-state index in [0.717, 1.165) is 11.3 Å². The van der Waals surface area contributed by atoms with E-state index in [2.05, 4.69) is 0 Å². The minimum absolute atomic E-state index is 0.0234. The molecule has 1 saturated heterocycles. The monoisotopic (exact) mass is 284 g/mol. The first kappa shape index (κ1) is 13.1. The van der Waals surface area contributed by atoms with Crippen LogP contribution < -0.4 is 5.06 Å². The second-order valence-corrected chi connectivity index (χ2v) is 4.69. The number of non-ortho nitro benzene ring substituents is 1. The van der Waals surface area contributed by atoms with Gasteiger partial charge >= 0.3 is 5.97 Å². The Bertz CT molecular complexity index is 670. The molecule has 2 aromatic rings. The third kappa shape index (κ3) is 2.55. The summed E-state index contributed by atoms with van der Waals surface area (Å²) in [7, 11) is 0. The molecule has 6 heteroatoms. The summed E-state index contributed by atoms with van der Waals surface area (Å²) < 4.78 is 0. The lowest BCUT2D eigenvalue weighted by Crippen LogP contribution is -2.21. The average molecular weight is 284 g/mol. The number of hydrogen-bond donors (Lipinski definition) is 0. The lowest BCUT2D eigenvalue weighted by atomic mass is 10.0. The Hall–Kier alpha value is -2.89. The Balaban J connectivity index is 1.92. The largest absolute Gasteiger partial charge is 0.340 e.